The molecule has 4 rings (SSSR count). The molecule has 2 bridgehead atoms. The van der Waals surface area contributed by atoms with E-state index in [2.05, 4.69) is 0 Å². The van der Waals surface area contributed by atoms with Crippen molar-refractivity contribution in [1.82, 2.24) is 0 Å². The average molecular weight is 533 g/mol. The molecule has 2 saturated carbocycles. The summed E-state index contributed by atoms with van der Waals surface area (Å²) in [6, 6.07) is 0. The number of esters is 2. The Hall–Kier alpha value is -2.00. The highest BCUT2D eigenvalue weighted by molar-refractivity contribution is 5.89. The van der Waals surface area contributed by atoms with E-state index in [9.17, 15) is 30.0 Å². The predicted octanol–water partition coefficient (Wildman–Crippen LogP) is 2.98. The maximum atomic E-state index is 13.0. The quantitative estimate of drug-likeness (QED) is 0.233. The first-order chi connectivity index (χ1) is 17.6. The van der Waals surface area contributed by atoms with Crippen LogP contribution in [0, 0.1) is 28.6 Å². The molecule has 0 aliphatic heterocycles. The molecular formula is C30H44O8. The lowest BCUT2D eigenvalue weighted by Gasteiger charge is -2.52. The molecule has 0 aromatic heterocycles. The van der Waals surface area contributed by atoms with Crippen molar-refractivity contribution in [3.63, 3.8) is 0 Å². The molecule has 2 fully saturated rings. The molecule has 38 heavy (non-hydrogen) atoms. The van der Waals surface area contributed by atoms with Gasteiger partial charge in [-0.15, -0.1) is 0 Å². The highest BCUT2D eigenvalue weighted by Crippen LogP contribution is 2.76. The van der Waals surface area contributed by atoms with Crippen LogP contribution in [0.3, 0.4) is 0 Å². The van der Waals surface area contributed by atoms with Crippen LogP contribution in [0.25, 0.3) is 0 Å². The molecule has 4 aliphatic rings. The summed E-state index contributed by atoms with van der Waals surface area (Å²) in [7, 11) is 0. The summed E-state index contributed by atoms with van der Waals surface area (Å²) < 4.78 is 12.1. The zero-order chi connectivity index (χ0) is 28.6. The summed E-state index contributed by atoms with van der Waals surface area (Å²) in [6.07, 6.45) is 0.602. The number of hydrogen-bond acceptors (Lipinski definition) is 8. The lowest BCUT2D eigenvalue weighted by molar-refractivity contribution is -0.224. The van der Waals surface area contributed by atoms with Crippen molar-refractivity contribution >= 4 is 11.9 Å². The minimum absolute atomic E-state index is 0.145. The summed E-state index contributed by atoms with van der Waals surface area (Å²) in [5.41, 5.74) is -3.16. The standard InChI is InChI=1S/C30H44O8/c1-9-10-21(32)38-29-13-17(5)28-12-16(4)25(37-26(35)18(6)15(2)3)30(28,36)23(33)19(14-31)11-20(24(28)34)22(29)27(29,7)8/h11-12,17,20,22-25,31,33-34,36H,9-10,13-14H2,1-8H3/t17-,20+,22-,23-,24?,25+,28+,29+,30+/m1/s1. The molecule has 0 saturated heterocycles. The molecule has 1 spiro atoms. The van der Waals surface area contributed by atoms with Gasteiger partial charge in [-0.2, -0.15) is 0 Å². The van der Waals surface area contributed by atoms with Crippen LogP contribution in [0.15, 0.2) is 34.4 Å². The van der Waals surface area contributed by atoms with E-state index in [1.54, 1.807) is 39.8 Å². The van der Waals surface area contributed by atoms with Gasteiger partial charge in [0.05, 0.1) is 18.1 Å². The van der Waals surface area contributed by atoms with Crippen molar-refractivity contribution in [2.45, 2.75) is 104 Å². The normalized spacial score (nSPS) is 42.4. The van der Waals surface area contributed by atoms with Crippen LogP contribution in [-0.2, 0) is 19.1 Å². The van der Waals surface area contributed by atoms with E-state index in [1.165, 1.54) is 0 Å². The first kappa shape index (κ1) is 29.0. The molecule has 0 aromatic rings. The number of carbonyl (C=O) groups excluding carboxylic acids is 2. The van der Waals surface area contributed by atoms with Crippen molar-refractivity contribution < 1.29 is 39.5 Å². The average Bonchev–Trinajstić information content (AvgIpc) is 3.23. The highest BCUT2D eigenvalue weighted by atomic mass is 16.6. The molecular weight excluding hydrogens is 488 g/mol. The number of hydrogen-bond donors (Lipinski definition) is 4. The summed E-state index contributed by atoms with van der Waals surface area (Å²) in [6.45, 7) is 14.2. The number of fused-ring (bicyclic) bond motifs is 3. The Bertz CT molecular complexity index is 1110. The van der Waals surface area contributed by atoms with Crippen molar-refractivity contribution in [3.8, 4) is 0 Å². The van der Waals surface area contributed by atoms with E-state index in [0.717, 1.165) is 5.57 Å². The number of aliphatic hydroxyl groups excluding tert-OH is 3. The van der Waals surface area contributed by atoms with E-state index in [0.29, 0.717) is 24.0 Å². The van der Waals surface area contributed by atoms with Gasteiger partial charge in [-0.05, 0) is 57.6 Å². The fourth-order valence-electron chi connectivity index (χ4n) is 8.06. The Balaban J connectivity index is 1.90. The number of carbonyl (C=O) groups is 2. The second kappa shape index (κ2) is 9.29. The first-order valence-electron chi connectivity index (χ1n) is 13.7. The van der Waals surface area contributed by atoms with Gasteiger partial charge in [0.2, 0.25) is 0 Å². The zero-order valence-electron chi connectivity index (χ0n) is 23.9. The van der Waals surface area contributed by atoms with Gasteiger partial charge in [-0.25, -0.2) is 4.79 Å². The van der Waals surface area contributed by atoms with E-state index in [1.807, 2.05) is 27.7 Å². The van der Waals surface area contributed by atoms with Gasteiger partial charge < -0.3 is 29.9 Å². The summed E-state index contributed by atoms with van der Waals surface area (Å²) in [4.78, 5) is 25.8. The lowest BCUT2D eigenvalue weighted by Crippen LogP contribution is -2.67. The SMILES string of the molecule is CCCC(=O)O[C@@]12C[C@@H](C)[C@]34C=C(C)[C@H](OC(=O)C(C)=C(C)C)[C@@]3(O)[C@H](O)C(CO)=C[C@H](C4O)[C@@H]1C2(C)C. The molecule has 212 valence electrons. The summed E-state index contributed by atoms with van der Waals surface area (Å²) in [5.74, 6) is -2.35. The van der Waals surface area contributed by atoms with Crippen LogP contribution in [0.2, 0.25) is 0 Å². The number of allylic oxidation sites excluding steroid dienone is 1. The topological polar surface area (TPSA) is 134 Å². The van der Waals surface area contributed by atoms with E-state index >= 15 is 0 Å². The van der Waals surface area contributed by atoms with Crippen LogP contribution < -0.4 is 0 Å². The maximum Gasteiger partial charge on any atom is 0.334 e. The summed E-state index contributed by atoms with van der Waals surface area (Å²) in [5, 5.41) is 46.8. The molecule has 8 heteroatoms. The summed E-state index contributed by atoms with van der Waals surface area (Å²) >= 11 is 0. The minimum Gasteiger partial charge on any atom is -0.458 e. The van der Waals surface area contributed by atoms with Gasteiger partial charge in [0.1, 0.15) is 17.3 Å². The predicted molar refractivity (Wildman–Crippen MR) is 141 cm³/mol. The fourth-order valence-corrected chi connectivity index (χ4v) is 8.06. The third-order valence-electron chi connectivity index (χ3n) is 10.3. The van der Waals surface area contributed by atoms with Gasteiger partial charge in [0.25, 0.3) is 0 Å². The molecule has 8 nitrogen and oxygen atoms in total. The Morgan fingerprint density at radius 1 is 1.16 bits per heavy atom. The van der Waals surface area contributed by atoms with E-state index < -0.39 is 64.8 Å². The molecule has 4 aliphatic carbocycles. The Labute approximate surface area is 225 Å². The zero-order valence-corrected chi connectivity index (χ0v) is 23.9. The second-order valence-electron chi connectivity index (χ2n) is 12.8. The van der Waals surface area contributed by atoms with Crippen molar-refractivity contribution in [2.24, 2.45) is 28.6 Å². The molecule has 9 atom stereocenters. The van der Waals surface area contributed by atoms with Gasteiger partial charge in [-0.3, -0.25) is 4.79 Å². The highest BCUT2D eigenvalue weighted by Gasteiger charge is 2.83. The fraction of sp³-hybridized carbons (Fsp3) is 0.733. The van der Waals surface area contributed by atoms with Gasteiger partial charge in [0, 0.05) is 29.2 Å². The molecule has 4 N–H and O–H groups in total. The maximum absolute atomic E-state index is 13.0. The van der Waals surface area contributed by atoms with Gasteiger partial charge in [-0.1, -0.05) is 45.4 Å². The Morgan fingerprint density at radius 3 is 2.34 bits per heavy atom. The lowest BCUT2D eigenvalue weighted by atomic mass is 9.58. The van der Waals surface area contributed by atoms with Crippen LogP contribution in [-0.4, -0.2) is 68.5 Å². The van der Waals surface area contributed by atoms with Crippen LogP contribution in [0.1, 0.15) is 74.7 Å². The number of ether oxygens (including phenoxy) is 2. The van der Waals surface area contributed by atoms with Crippen molar-refractivity contribution in [1.29, 1.82) is 0 Å². The van der Waals surface area contributed by atoms with Crippen LogP contribution >= 0.6 is 0 Å². The third-order valence-corrected chi connectivity index (χ3v) is 10.3. The first-order valence-corrected chi connectivity index (χ1v) is 13.7. The minimum atomic E-state index is -2.16. The molecule has 0 aromatic carbocycles. The monoisotopic (exact) mass is 532 g/mol. The molecule has 0 amide bonds. The third kappa shape index (κ3) is 3.56. The van der Waals surface area contributed by atoms with Gasteiger partial charge in [0.15, 0.2) is 6.10 Å². The van der Waals surface area contributed by atoms with E-state index in [4.69, 9.17) is 9.47 Å². The molecule has 0 radical (unpaired) electrons. The van der Waals surface area contributed by atoms with Gasteiger partial charge >= 0.3 is 11.9 Å². The van der Waals surface area contributed by atoms with Crippen LogP contribution in [0.5, 0.6) is 0 Å². The Morgan fingerprint density at radius 2 is 1.79 bits per heavy atom. The Kier molecular flexibility index (Phi) is 7.09. The number of aliphatic hydroxyl groups is 4. The van der Waals surface area contributed by atoms with Crippen molar-refractivity contribution in [2.75, 3.05) is 6.61 Å². The van der Waals surface area contributed by atoms with Crippen LogP contribution in [0.4, 0.5) is 0 Å². The number of rotatable bonds is 6. The smallest absolute Gasteiger partial charge is 0.334 e. The van der Waals surface area contributed by atoms with Crippen molar-refractivity contribution in [3.05, 3.63) is 34.4 Å². The second-order valence-corrected chi connectivity index (χ2v) is 12.8. The molecule has 1 unspecified atom stereocenters. The molecule has 0 heterocycles. The van der Waals surface area contributed by atoms with E-state index in [-0.39, 0.29) is 23.9 Å². The largest absolute Gasteiger partial charge is 0.458 e.